The number of aromatic nitrogens is 4. The van der Waals surface area contributed by atoms with Gasteiger partial charge in [0.1, 0.15) is 17.7 Å². The Balaban J connectivity index is 1.98. The number of hydrogen-bond donors (Lipinski definition) is 4. The minimum Gasteiger partial charge on any atom is -0.387 e. The first kappa shape index (κ1) is 16.3. The molecule has 2 aromatic heterocycles. The van der Waals surface area contributed by atoms with Crippen molar-refractivity contribution < 1.29 is 19.7 Å². The number of anilines is 1. The molecule has 10 nitrogen and oxygen atoms in total. The number of nitrogens with two attached hydrogens (primary N) is 1. The van der Waals surface area contributed by atoms with Crippen LogP contribution in [0.25, 0.3) is 11.2 Å². The third kappa shape index (κ3) is 2.73. The predicted molar refractivity (Wildman–Crippen MR) is 87.1 cm³/mol. The van der Waals surface area contributed by atoms with E-state index >= 15 is 0 Å². The van der Waals surface area contributed by atoms with Gasteiger partial charge in [-0.1, -0.05) is 0 Å². The molecule has 0 aromatic carbocycles. The first-order chi connectivity index (χ1) is 10.9. The van der Waals surface area contributed by atoms with Gasteiger partial charge in [0.2, 0.25) is 0 Å². The number of likely N-dealkylation sites (N-methyl/N-ethyl adjacent to an activating group) is 1. The number of imidazole rings is 1. The maximum Gasteiger partial charge on any atom is 0.252 e. The van der Waals surface area contributed by atoms with Crippen LogP contribution in [0, 0.1) is 3.83 Å². The van der Waals surface area contributed by atoms with Crippen LogP contribution in [0.4, 0.5) is 5.82 Å². The molecular weight excluding hydrogens is 419 g/mol. The molecular formula is C12H15IN6O4. The third-order valence-electron chi connectivity index (χ3n) is 3.54. The van der Waals surface area contributed by atoms with Gasteiger partial charge >= 0.3 is 0 Å². The van der Waals surface area contributed by atoms with Crippen molar-refractivity contribution >= 4 is 45.5 Å². The van der Waals surface area contributed by atoms with E-state index in [1.165, 1.54) is 10.9 Å². The number of halogens is 1. The molecule has 1 saturated heterocycles. The van der Waals surface area contributed by atoms with Crippen molar-refractivity contribution in [3.05, 3.63) is 10.2 Å². The van der Waals surface area contributed by atoms with Crippen molar-refractivity contribution in [2.75, 3.05) is 12.3 Å². The maximum atomic E-state index is 11.9. The van der Waals surface area contributed by atoms with Crippen LogP contribution >= 0.6 is 22.6 Å². The van der Waals surface area contributed by atoms with Crippen molar-refractivity contribution in [1.29, 1.82) is 0 Å². The molecule has 3 rings (SSSR count). The Kier molecular flexibility index (Phi) is 4.35. The fraction of sp³-hybridized carbons (Fsp3) is 0.500. The first-order valence-corrected chi connectivity index (χ1v) is 7.96. The topological polar surface area (TPSA) is 148 Å². The van der Waals surface area contributed by atoms with Crippen LogP contribution in [0.15, 0.2) is 6.33 Å². The molecule has 11 heteroatoms. The highest BCUT2D eigenvalue weighted by molar-refractivity contribution is 14.1. The van der Waals surface area contributed by atoms with Crippen molar-refractivity contribution in [3.8, 4) is 0 Å². The van der Waals surface area contributed by atoms with E-state index in [0.717, 1.165) is 0 Å². The van der Waals surface area contributed by atoms with Gasteiger partial charge in [-0.3, -0.25) is 9.36 Å². The zero-order chi connectivity index (χ0) is 16.7. The molecule has 124 valence electrons. The normalized spacial score (nSPS) is 27.5. The Hall–Kier alpha value is -1.57. The van der Waals surface area contributed by atoms with Crippen LogP contribution in [0.2, 0.25) is 0 Å². The van der Waals surface area contributed by atoms with Gasteiger partial charge in [-0.15, -0.1) is 0 Å². The summed E-state index contributed by atoms with van der Waals surface area (Å²) in [6.07, 6.45) is -3.47. The number of rotatable bonds is 3. The zero-order valence-corrected chi connectivity index (χ0v) is 14.2. The highest BCUT2D eigenvalue weighted by Crippen LogP contribution is 2.32. The molecule has 5 N–H and O–H groups in total. The van der Waals surface area contributed by atoms with E-state index < -0.39 is 30.4 Å². The molecule has 1 fully saturated rings. The third-order valence-corrected chi connectivity index (χ3v) is 4.03. The minimum absolute atomic E-state index is 0.200. The number of amides is 1. The highest BCUT2D eigenvalue weighted by Gasteiger charge is 2.47. The van der Waals surface area contributed by atoms with E-state index in [2.05, 4.69) is 20.3 Å². The Morgan fingerprint density at radius 2 is 2.22 bits per heavy atom. The van der Waals surface area contributed by atoms with Gasteiger partial charge in [0.25, 0.3) is 5.91 Å². The van der Waals surface area contributed by atoms with E-state index in [4.69, 9.17) is 10.5 Å². The standard InChI is InChI=1S/C12H15IN6O4/c1-2-15-10(22)7-5(20)6(21)11(23-7)19-3-16-4-8(14)17-12(13)18-9(4)19/h3,5-7,11,20-21H,2H2,1H3,(H,15,22)(H2,14,17,18). The summed E-state index contributed by atoms with van der Waals surface area (Å²) in [4.78, 5) is 24.2. The maximum absolute atomic E-state index is 11.9. The summed E-state index contributed by atoms with van der Waals surface area (Å²) in [7, 11) is 0. The van der Waals surface area contributed by atoms with Gasteiger partial charge < -0.3 is 26.0 Å². The van der Waals surface area contributed by atoms with Gasteiger partial charge in [-0.2, -0.15) is 0 Å². The summed E-state index contributed by atoms with van der Waals surface area (Å²) in [5.41, 5.74) is 6.51. The van der Waals surface area contributed by atoms with Gasteiger partial charge in [-0.25, -0.2) is 15.0 Å². The van der Waals surface area contributed by atoms with E-state index in [1.807, 2.05) is 22.6 Å². The Morgan fingerprint density at radius 3 is 2.91 bits per heavy atom. The molecule has 2 aromatic rings. The number of aliphatic hydroxyl groups excluding tert-OH is 2. The monoisotopic (exact) mass is 434 g/mol. The van der Waals surface area contributed by atoms with Gasteiger partial charge in [0.15, 0.2) is 27.6 Å². The number of fused-ring (bicyclic) bond motifs is 1. The number of aliphatic hydroxyl groups is 2. The first-order valence-electron chi connectivity index (χ1n) is 6.89. The zero-order valence-electron chi connectivity index (χ0n) is 12.0. The van der Waals surface area contributed by atoms with Crippen LogP contribution in [0.5, 0.6) is 0 Å². The molecule has 23 heavy (non-hydrogen) atoms. The van der Waals surface area contributed by atoms with Crippen molar-refractivity contribution in [2.24, 2.45) is 0 Å². The molecule has 1 aliphatic heterocycles. The fourth-order valence-corrected chi connectivity index (χ4v) is 2.97. The number of ether oxygens (including phenoxy) is 1. The van der Waals surface area contributed by atoms with Crippen LogP contribution < -0.4 is 11.1 Å². The number of carbonyl (C=O) groups excluding carboxylic acids is 1. The molecule has 0 spiro atoms. The summed E-state index contributed by atoms with van der Waals surface area (Å²) >= 11 is 1.91. The second kappa shape index (κ2) is 6.14. The number of hydrogen-bond acceptors (Lipinski definition) is 8. The number of nitrogens with one attached hydrogen (secondary N) is 1. The average molecular weight is 434 g/mol. The van der Waals surface area contributed by atoms with E-state index in [-0.39, 0.29) is 5.82 Å². The largest absolute Gasteiger partial charge is 0.387 e. The van der Waals surface area contributed by atoms with E-state index in [9.17, 15) is 15.0 Å². The lowest BCUT2D eigenvalue weighted by atomic mass is 10.1. The summed E-state index contributed by atoms with van der Waals surface area (Å²) < 4.78 is 7.38. The quantitative estimate of drug-likeness (QED) is 0.347. The molecule has 1 amide bonds. The minimum atomic E-state index is -1.36. The number of nitrogen functional groups attached to an aromatic ring is 1. The van der Waals surface area contributed by atoms with Gasteiger partial charge in [-0.05, 0) is 6.92 Å². The molecule has 1 aliphatic rings. The Labute approximate surface area is 144 Å². The lowest BCUT2D eigenvalue weighted by Gasteiger charge is -2.16. The van der Waals surface area contributed by atoms with Gasteiger partial charge in [0.05, 0.1) is 6.33 Å². The van der Waals surface area contributed by atoms with Crippen molar-refractivity contribution in [2.45, 2.75) is 31.5 Å². The SMILES string of the molecule is CCNC(=O)C1OC(n2cnc3c(N)nc(I)nc32)C(O)C1O. The smallest absolute Gasteiger partial charge is 0.252 e. The lowest BCUT2D eigenvalue weighted by Crippen LogP contribution is -2.42. The van der Waals surface area contributed by atoms with E-state index in [0.29, 0.717) is 21.5 Å². The van der Waals surface area contributed by atoms with Crippen LogP contribution in [0.1, 0.15) is 13.2 Å². The van der Waals surface area contributed by atoms with Gasteiger partial charge in [0, 0.05) is 29.1 Å². The highest BCUT2D eigenvalue weighted by atomic mass is 127. The number of carbonyl (C=O) groups is 1. The van der Waals surface area contributed by atoms with E-state index in [1.54, 1.807) is 6.92 Å². The molecule has 0 saturated carbocycles. The van der Waals surface area contributed by atoms with Crippen LogP contribution in [-0.2, 0) is 9.53 Å². The summed E-state index contributed by atoms with van der Waals surface area (Å²) in [5.74, 6) is -0.291. The van der Waals surface area contributed by atoms with Crippen LogP contribution in [-0.4, -0.2) is 60.5 Å². The Bertz CT molecular complexity index is 752. The lowest BCUT2D eigenvalue weighted by molar-refractivity contribution is -0.137. The second-order valence-corrected chi connectivity index (χ2v) is 5.99. The second-order valence-electron chi connectivity index (χ2n) is 5.02. The molecule has 4 atom stereocenters. The summed E-state index contributed by atoms with van der Waals surface area (Å²) in [6.45, 7) is 2.14. The molecule has 0 radical (unpaired) electrons. The predicted octanol–water partition coefficient (Wildman–Crippen LogP) is -1.23. The molecule has 0 aliphatic carbocycles. The Morgan fingerprint density at radius 1 is 1.48 bits per heavy atom. The van der Waals surface area contributed by atoms with Crippen molar-refractivity contribution in [1.82, 2.24) is 24.8 Å². The molecule has 4 unspecified atom stereocenters. The van der Waals surface area contributed by atoms with Crippen molar-refractivity contribution in [3.63, 3.8) is 0 Å². The van der Waals surface area contributed by atoms with Crippen LogP contribution in [0.3, 0.4) is 0 Å². The summed E-state index contributed by atoms with van der Waals surface area (Å²) in [5, 5.41) is 22.9. The molecule has 3 heterocycles. The fourth-order valence-electron chi connectivity index (χ4n) is 2.48. The number of nitrogens with zero attached hydrogens (tertiary/aromatic N) is 4. The molecule has 0 bridgehead atoms. The average Bonchev–Trinajstić information content (AvgIpc) is 3.02. The summed E-state index contributed by atoms with van der Waals surface area (Å²) in [6, 6.07) is 0.